The molecule has 0 bridgehead atoms. The van der Waals surface area contributed by atoms with E-state index >= 15 is 0 Å². The molecule has 0 aliphatic rings. The molecule has 0 spiro atoms. The van der Waals surface area contributed by atoms with Crippen molar-refractivity contribution in [3.05, 3.63) is 35.4 Å². The lowest BCUT2D eigenvalue weighted by Gasteiger charge is -2.03. The van der Waals surface area contributed by atoms with Crippen molar-refractivity contribution in [3.63, 3.8) is 0 Å². The van der Waals surface area contributed by atoms with Gasteiger partial charge in [0.25, 0.3) is 0 Å². The van der Waals surface area contributed by atoms with Gasteiger partial charge in [-0.15, -0.1) is 0 Å². The molecule has 0 fully saturated rings. The Hall–Kier alpha value is -1.15. The van der Waals surface area contributed by atoms with Gasteiger partial charge in [-0.05, 0) is 12.1 Å². The maximum absolute atomic E-state index is 11.3. The number of hydrogen-bond donors (Lipinski definition) is 1. The van der Waals surface area contributed by atoms with E-state index in [0.29, 0.717) is 6.42 Å². The zero-order chi connectivity index (χ0) is 10.4. The van der Waals surface area contributed by atoms with Crippen molar-refractivity contribution >= 4 is 5.78 Å². The van der Waals surface area contributed by atoms with Crippen molar-refractivity contribution in [1.29, 1.82) is 0 Å². The van der Waals surface area contributed by atoms with E-state index in [0.717, 1.165) is 18.7 Å². The third kappa shape index (κ3) is 2.96. The Balaban J connectivity index is 2.63. The lowest BCUT2D eigenvalue weighted by atomic mass is 10.1. The van der Waals surface area contributed by atoms with E-state index in [2.05, 4.69) is 12.2 Å². The Morgan fingerprint density at radius 1 is 1.21 bits per heavy atom. The highest BCUT2D eigenvalue weighted by Gasteiger charge is 2.01. The average Bonchev–Trinajstić information content (AvgIpc) is 2.26. The van der Waals surface area contributed by atoms with Crippen LogP contribution in [0.5, 0.6) is 0 Å². The summed E-state index contributed by atoms with van der Waals surface area (Å²) in [4.78, 5) is 11.3. The molecule has 0 aliphatic carbocycles. The van der Waals surface area contributed by atoms with E-state index in [1.165, 1.54) is 5.56 Å². The molecule has 0 unspecified atom stereocenters. The van der Waals surface area contributed by atoms with E-state index in [1.807, 2.05) is 31.2 Å². The van der Waals surface area contributed by atoms with Gasteiger partial charge in [0.2, 0.25) is 0 Å². The third-order valence-corrected chi connectivity index (χ3v) is 2.18. The van der Waals surface area contributed by atoms with Crippen LogP contribution in [0.15, 0.2) is 24.3 Å². The molecular weight excluding hydrogens is 174 g/mol. The summed E-state index contributed by atoms with van der Waals surface area (Å²) >= 11 is 0. The first-order valence-corrected chi connectivity index (χ1v) is 5.10. The van der Waals surface area contributed by atoms with Gasteiger partial charge in [0.1, 0.15) is 0 Å². The first-order valence-electron chi connectivity index (χ1n) is 5.10. The molecule has 14 heavy (non-hydrogen) atoms. The van der Waals surface area contributed by atoms with Crippen LogP contribution in [0.3, 0.4) is 0 Å². The third-order valence-electron chi connectivity index (χ3n) is 2.18. The van der Waals surface area contributed by atoms with Crippen molar-refractivity contribution in [2.24, 2.45) is 0 Å². The standard InChI is InChI=1S/C12H17NO/c1-3-12(14)11-7-5-10(6-8-11)9-13-4-2/h5-8,13H,3-4,9H2,1-2H3. The first-order chi connectivity index (χ1) is 6.77. The molecule has 0 heterocycles. The zero-order valence-corrected chi connectivity index (χ0v) is 8.84. The molecule has 0 amide bonds. The van der Waals surface area contributed by atoms with Crippen LogP contribution in [0.1, 0.15) is 36.2 Å². The van der Waals surface area contributed by atoms with Crippen LogP contribution >= 0.6 is 0 Å². The largest absolute Gasteiger partial charge is 0.313 e. The summed E-state index contributed by atoms with van der Waals surface area (Å²) in [6.45, 7) is 5.80. The Kier molecular flexibility index (Phi) is 4.33. The molecule has 1 rings (SSSR count). The molecule has 2 nitrogen and oxygen atoms in total. The van der Waals surface area contributed by atoms with Gasteiger partial charge < -0.3 is 5.32 Å². The maximum Gasteiger partial charge on any atom is 0.162 e. The van der Waals surface area contributed by atoms with E-state index in [4.69, 9.17) is 0 Å². The maximum atomic E-state index is 11.3. The van der Waals surface area contributed by atoms with Crippen LogP contribution in [0, 0.1) is 0 Å². The summed E-state index contributed by atoms with van der Waals surface area (Å²) in [7, 11) is 0. The smallest absolute Gasteiger partial charge is 0.162 e. The van der Waals surface area contributed by atoms with Crippen LogP contribution in [-0.4, -0.2) is 12.3 Å². The van der Waals surface area contributed by atoms with Crippen LogP contribution in [0.2, 0.25) is 0 Å². The highest BCUT2D eigenvalue weighted by Crippen LogP contribution is 2.06. The van der Waals surface area contributed by atoms with Crippen LogP contribution in [-0.2, 0) is 6.54 Å². The lowest BCUT2D eigenvalue weighted by Crippen LogP contribution is -2.11. The summed E-state index contributed by atoms with van der Waals surface area (Å²) in [5.74, 6) is 0.208. The number of carbonyl (C=O) groups excluding carboxylic acids is 1. The minimum Gasteiger partial charge on any atom is -0.313 e. The molecule has 0 aromatic heterocycles. The van der Waals surface area contributed by atoms with Gasteiger partial charge in [0, 0.05) is 18.5 Å². The van der Waals surface area contributed by atoms with Crippen molar-refractivity contribution < 1.29 is 4.79 Å². The van der Waals surface area contributed by atoms with Crippen LogP contribution in [0.25, 0.3) is 0 Å². The minimum atomic E-state index is 0.208. The second-order valence-corrected chi connectivity index (χ2v) is 3.25. The van der Waals surface area contributed by atoms with Crippen molar-refractivity contribution in [2.75, 3.05) is 6.54 Å². The van der Waals surface area contributed by atoms with Crippen molar-refractivity contribution in [3.8, 4) is 0 Å². The van der Waals surface area contributed by atoms with Crippen molar-refractivity contribution in [1.82, 2.24) is 5.32 Å². The van der Waals surface area contributed by atoms with Gasteiger partial charge in [0.15, 0.2) is 5.78 Å². The summed E-state index contributed by atoms with van der Waals surface area (Å²) in [5, 5.41) is 3.24. The fraction of sp³-hybridized carbons (Fsp3) is 0.417. The van der Waals surface area contributed by atoms with Gasteiger partial charge >= 0.3 is 0 Å². The van der Waals surface area contributed by atoms with Gasteiger partial charge in [-0.2, -0.15) is 0 Å². The van der Waals surface area contributed by atoms with Crippen LogP contribution < -0.4 is 5.32 Å². The number of carbonyl (C=O) groups is 1. The Labute approximate surface area is 85.3 Å². The Bertz CT molecular complexity index is 290. The molecule has 0 saturated carbocycles. The highest BCUT2D eigenvalue weighted by atomic mass is 16.1. The number of rotatable bonds is 5. The molecule has 0 radical (unpaired) electrons. The second-order valence-electron chi connectivity index (χ2n) is 3.25. The quantitative estimate of drug-likeness (QED) is 0.724. The summed E-state index contributed by atoms with van der Waals surface area (Å²) < 4.78 is 0. The monoisotopic (exact) mass is 191 g/mol. The van der Waals surface area contributed by atoms with Crippen LogP contribution in [0.4, 0.5) is 0 Å². The van der Waals surface area contributed by atoms with E-state index in [9.17, 15) is 4.79 Å². The zero-order valence-electron chi connectivity index (χ0n) is 8.84. The summed E-state index contributed by atoms with van der Waals surface area (Å²) in [6, 6.07) is 7.81. The molecule has 76 valence electrons. The predicted octanol–water partition coefficient (Wildman–Crippen LogP) is 2.39. The fourth-order valence-electron chi connectivity index (χ4n) is 1.28. The molecule has 0 aliphatic heterocycles. The average molecular weight is 191 g/mol. The molecule has 2 heteroatoms. The van der Waals surface area contributed by atoms with Gasteiger partial charge in [-0.3, -0.25) is 4.79 Å². The van der Waals surface area contributed by atoms with E-state index in [1.54, 1.807) is 0 Å². The predicted molar refractivity (Wildman–Crippen MR) is 58.4 cm³/mol. The number of ketones is 1. The normalized spacial score (nSPS) is 10.1. The molecule has 0 atom stereocenters. The fourth-order valence-corrected chi connectivity index (χ4v) is 1.28. The minimum absolute atomic E-state index is 0.208. The number of hydrogen-bond acceptors (Lipinski definition) is 2. The molecule has 1 aromatic carbocycles. The Morgan fingerprint density at radius 3 is 2.36 bits per heavy atom. The molecule has 0 saturated heterocycles. The van der Waals surface area contributed by atoms with Crippen molar-refractivity contribution in [2.45, 2.75) is 26.8 Å². The number of nitrogens with one attached hydrogen (secondary N) is 1. The summed E-state index contributed by atoms with van der Waals surface area (Å²) in [6.07, 6.45) is 0.576. The second kappa shape index (κ2) is 5.55. The summed E-state index contributed by atoms with van der Waals surface area (Å²) in [5.41, 5.74) is 2.03. The molecular formula is C12H17NO. The Morgan fingerprint density at radius 2 is 1.86 bits per heavy atom. The van der Waals surface area contributed by atoms with Gasteiger partial charge in [-0.25, -0.2) is 0 Å². The van der Waals surface area contributed by atoms with Gasteiger partial charge in [-0.1, -0.05) is 38.1 Å². The highest BCUT2D eigenvalue weighted by molar-refractivity contribution is 5.95. The first kappa shape index (κ1) is 10.9. The molecule has 1 aromatic rings. The van der Waals surface area contributed by atoms with Gasteiger partial charge in [0.05, 0.1) is 0 Å². The number of Topliss-reactive ketones (excluding diaryl/α,β-unsaturated/α-hetero) is 1. The van der Waals surface area contributed by atoms with E-state index < -0.39 is 0 Å². The number of benzene rings is 1. The molecule has 1 N–H and O–H groups in total. The van der Waals surface area contributed by atoms with E-state index in [-0.39, 0.29) is 5.78 Å². The SMILES string of the molecule is CCNCc1ccc(C(=O)CC)cc1. The lowest BCUT2D eigenvalue weighted by molar-refractivity contribution is 0.0988. The topological polar surface area (TPSA) is 29.1 Å².